The molecule has 0 saturated carbocycles. The Labute approximate surface area is 113 Å². The Morgan fingerprint density at radius 1 is 1.33 bits per heavy atom. The van der Waals surface area contributed by atoms with Gasteiger partial charge in [0.05, 0.1) is 0 Å². The zero-order chi connectivity index (χ0) is 13.8. The van der Waals surface area contributed by atoms with Crippen molar-refractivity contribution in [3.63, 3.8) is 0 Å². The minimum atomic E-state index is 0.836. The third kappa shape index (κ3) is 6.80. The fourth-order valence-corrected chi connectivity index (χ4v) is 2.18. The Morgan fingerprint density at radius 2 is 1.94 bits per heavy atom. The van der Waals surface area contributed by atoms with Gasteiger partial charge in [0.2, 0.25) is 0 Å². The summed E-state index contributed by atoms with van der Waals surface area (Å²) < 4.78 is 0. The van der Waals surface area contributed by atoms with Gasteiger partial charge in [-0.15, -0.1) is 0 Å². The zero-order valence-electron chi connectivity index (χ0n) is 12.7. The maximum Gasteiger partial charge on any atom is 0.0360 e. The van der Waals surface area contributed by atoms with Crippen LogP contribution in [0.3, 0.4) is 0 Å². The third-order valence-electron chi connectivity index (χ3n) is 3.29. The molecule has 0 aromatic carbocycles. The predicted octanol–water partition coefficient (Wildman–Crippen LogP) is 3.07. The van der Waals surface area contributed by atoms with Crippen molar-refractivity contribution in [1.82, 2.24) is 4.90 Å². The van der Waals surface area contributed by atoms with Crippen molar-refractivity contribution in [3.8, 4) is 0 Å². The van der Waals surface area contributed by atoms with Crippen molar-refractivity contribution in [2.45, 2.75) is 47.0 Å². The van der Waals surface area contributed by atoms with Crippen molar-refractivity contribution in [3.05, 3.63) is 11.8 Å². The second-order valence-corrected chi connectivity index (χ2v) is 4.46. The van der Waals surface area contributed by atoms with E-state index in [-0.39, 0.29) is 0 Å². The molecule has 1 rings (SSSR count). The molecular formula is C15H31N3. The molecule has 18 heavy (non-hydrogen) atoms. The molecule has 1 saturated heterocycles. The van der Waals surface area contributed by atoms with E-state index in [1.165, 1.54) is 38.0 Å². The monoisotopic (exact) mass is 253 g/mol. The molecule has 0 bridgehead atoms. The Kier molecular flexibility index (Phi) is 10.8. The van der Waals surface area contributed by atoms with E-state index >= 15 is 0 Å². The van der Waals surface area contributed by atoms with Crippen LogP contribution in [-0.4, -0.2) is 37.3 Å². The van der Waals surface area contributed by atoms with Crippen LogP contribution in [0, 0.1) is 5.92 Å². The van der Waals surface area contributed by atoms with E-state index in [1.807, 2.05) is 20.1 Å². The molecule has 0 amide bonds. The number of nitrogens with zero attached hydrogens (tertiary/aromatic N) is 2. The van der Waals surface area contributed by atoms with Gasteiger partial charge in [0.1, 0.15) is 0 Å². The standard InChI is InChI=1S/C13H25N3.C2H6/c1-3-15-9-5-12(2)16-10-6-13(4-8-14)7-11-16;1-2/h5,9,13H,3-4,6-8,10-11,14H2,1-2H3;1-2H3/b12-5+,15-9?;. The number of hydrogen-bond donors (Lipinski definition) is 1. The molecule has 1 fully saturated rings. The summed E-state index contributed by atoms with van der Waals surface area (Å²) in [4.78, 5) is 6.66. The van der Waals surface area contributed by atoms with Crippen LogP contribution >= 0.6 is 0 Å². The van der Waals surface area contributed by atoms with E-state index in [0.29, 0.717) is 0 Å². The molecule has 0 radical (unpaired) electrons. The molecule has 3 nitrogen and oxygen atoms in total. The lowest BCUT2D eigenvalue weighted by atomic mass is 9.93. The number of nitrogens with two attached hydrogens (primary N) is 1. The molecule has 0 aromatic heterocycles. The van der Waals surface area contributed by atoms with Gasteiger partial charge in [0.25, 0.3) is 0 Å². The lowest BCUT2D eigenvalue weighted by Crippen LogP contribution is -2.33. The molecule has 1 heterocycles. The van der Waals surface area contributed by atoms with Crippen LogP contribution in [0.15, 0.2) is 16.8 Å². The minimum absolute atomic E-state index is 0.836. The largest absolute Gasteiger partial charge is 0.375 e. The van der Waals surface area contributed by atoms with E-state index in [9.17, 15) is 0 Å². The fraction of sp³-hybridized carbons (Fsp3) is 0.800. The number of aliphatic imine (C=N–C) groups is 1. The second kappa shape index (κ2) is 11.3. The SMILES string of the molecule is CC.CCN=C/C=C(\C)N1CCC(CCN)CC1. The summed E-state index contributed by atoms with van der Waals surface area (Å²) >= 11 is 0. The van der Waals surface area contributed by atoms with Gasteiger partial charge < -0.3 is 10.6 Å². The lowest BCUT2D eigenvalue weighted by Gasteiger charge is -2.33. The summed E-state index contributed by atoms with van der Waals surface area (Å²) in [5.74, 6) is 0.846. The first-order chi connectivity index (χ1) is 8.77. The van der Waals surface area contributed by atoms with Crippen LogP contribution in [0.1, 0.15) is 47.0 Å². The first kappa shape index (κ1) is 17.2. The molecule has 2 N–H and O–H groups in total. The van der Waals surface area contributed by atoms with Gasteiger partial charge >= 0.3 is 0 Å². The van der Waals surface area contributed by atoms with Gasteiger partial charge in [-0.05, 0) is 51.6 Å². The summed E-state index contributed by atoms with van der Waals surface area (Å²) in [6, 6.07) is 0. The zero-order valence-corrected chi connectivity index (χ0v) is 12.7. The maximum atomic E-state index is 5.59. The summed E-state index contributed by atoms with van der Waals surface area (Å²) in [6.45, 7) is 12.3. The topological polar surface area (TPSA) is 41.6 Å². The van der Waals surface area contributed by atoms with Crippen LogP contribution in [0.4, 0.5) is 0 Å². The van der Waals surface area contributed by atoms with Gasteiger partial charge in [0, 0.05) is 31.5 Å². The molecule has 3 heteroatoms. The van der Waals surface area contributed by atoms with Gasteiger partial charge in [-0.25, -0.2) is 0 Å². The fourth-order valence-electron chi connectivity index (χ4n) is 2.18. The molecule has 106 valence electrons. The average Bonchev–Trinajstić information content (AvgIpc) is 2.42. The number of hydrogen-bond acceptors (Lipinski definition) is 3. The highest BCUT2D eigenvalue weighted by Crippen LogP contribution is 2.22. The molecule has 1 aliphatic rings. The summed E-state index contributed by atoms with van der Waals surface area (Å²) in [7, 11) is 0. The second-order valence-electron chi connectivity index (χ2n) is 4.46. The number of rotatable bonds is 5. The molecule has 0 aromatic rings. The van der Waals surface area contributed by atoms with Crippen LogP contribution in [-0.2, 0) is 0 Å². The van der Waals surface area contributed by atoms with Crippen molar-refractivity contribution in [2.75, 3.05) is 26.2 Å². The van der Waals surface area contributed by atoms with E-state index in [2.05, 4.69) is 29.8 Å². The van der Waals surface area contributed by atoms with Gasteiger partial charge in [-0.3, -0.25) is 4.99 Å². The number of allylic oxidation sites excluding steroid dienone is 2. The predicted molar refractivity (Wildman–Crippen MR) is 82.1 cm³/mol. The molecule has 0 unspecified atom stereocenters. The van der Waals surface area contributed by atoms with Crippen LogP contribution in [0.2, 0.25) is 0 Å². The van der Waals surface area contributed by atoms with Crippen LogP contribution in [0.5, 0.6) is 0 Å². The molecule has 0 aliphatic carbocycles. The van der Waals surface area contributed by atoms with Crippen molar-refractivity contribution < 1.29 is 0 Å². The smallest absolute Gasteiger partial charge is 0.0360 e. The van der Waals surface area contributed by atoms with E-state index in [0.717, 1.165) is 19.0 Å². The Bertz CT molecular complexity index is 238. The summed E-state index contributed by atoms with van der Waals surface area (Å²) in [5, 5.41) is 0. The Morgan fingerprint density at radius 3 is 2.44 bits per heavy atom. The van der Waals surface area contributed by atoms with Crippen molar-refractivity contribution in [1.29, 1.82) is 0 Å². The summed E-state index contributed by atoms with van der Waals surface area (Å²) in [5.41, 5.74) is 6.93. The number of likely N-dealkylation sites (tertiary alicyclic amines) is 1. The Balaban J connectivity index is 0.00000137. The van der Waals surface area contributed by atoms with Crippen LogP contribution < -0.4 is 5.73 Å². The quantitative estimate of drug-likeness (QED) is 0.765. The Hall–Kier alpha value is -0.830. The van der Waals surface area contributed by atoms with Gasteiger partial charge in [0.15, 0.2) is 0 Å². The third-order valence-corrected chi connectivity index (χ3v) is 3.29. The highest BCUT2D eigenvalue weighted by atomic mass is 15.1. The van der Waals surface area contributed by atoms with E-state index in [1.54, 1.807) is 0 Å². The van der Waals surface area contributed by atoms with Crippen LogP contribution in [0.25, 0.3) is 0 Å². The first-order valence-electron chi connectivity index (χ1n) is 7.39. The molecular weight excluding hydrogens is 222 g/mol. The lowest BCUT2D eigenvalue weighted by molar-refractivity contribution is 0.221. The number of piperidine rings is 1. The van der Waals surface area contributed by atoms with E-state index < -0.39 is 0 Å². The molecule has 1 aliphatic heterocycles. The molecule has 0 spiro atoms. The summed E-state index contributed by atoms with van der Waals surface area (Å²) in [6.07, 6.45) is 7.79. The van der Waals surface area contributed by atoms with Crippen molar-refractivity contribution >= 4 is 6.21 Å². The highest BCUT2D eigenvalue weighted by Gasteiger charge is 2.18. The highest BCUT2D eigenvalue weighted by molar-refractivity contribution is 5.71. The first-order valence-corrected chi connectivity index (χ1v) is 7.39. The van der Waals surface area contributed by atoms with Gasteiger partial charge in [-0.2, -0.15) is 0 Å². The average molecular weight is 253 g/mol. The van der Waals surface area contributed by atoms with Gasteiger partial charge in [-0.1, -0.05) is 13.8 Å². The normalized spacial score (nSPS) is 17.8. The van der Waals surface area contributed by atoms with Crippen molar-refractivity contribution in [2.24, 2.45) is 16.6 Å². The maximum absolute atomic E-state index is 5.59. The molecule has 0 atom stereocenters. The van der Waals surface area contributed by atoms with E-state index in [4.69, 9.17) is 5.73 Å². The minimum Gasteiger partial charge on any atom is -0.375 e.